The van der Waals surface area contributed by atoms with Gasteiger partial charge in [-0.05, 0) is 38.5 Å². The summed E-state index contributed by atoms with van der Waals surface area (Å²) in [6, 6.07) is 32.7. The summed E-state index contributed by atoms with van der Waals surface area (Å²) in [6.45, 7) is 14.2. The van der Waals surface area contributed by atoms with Crippen LogP contribution < -0.4 is 15.3 Å². The summed E-state index contributed by atoms with van der Waals surface area (Å²) in [4.78, 5) is 30.0. The van der Waals surface area contributed by atoms with Gasteiger partial charge in [-0.3, -0.25) is 0 Å². The van der Waals surface area contributed by atoms with Gasteiger partial charge in [0.2, 0.25) is 0 Å². The molecule has 0 amide bonds. The van der Waals surface area contributed by atoms with Crippen molar-refractivity contribution >= 4 is 17.9 Å². The van der Waals surface area contributed by atoms with E-state index in [1.165, 1.54) is 267 Å². The Morgan fingerprint density at radius 1 is 0.318 bits per heavy atom. The number of nitrogens with zero attached hydrogens (tertiary/aromatic N) is 3. The van der Waals surface area contributed by atoms with Gasteiger partial charge >= 0.3 is 0 Å². The van der Waals surface area contributed by atoms with Crippen molar-refractivity contribution in [1.82, 2.24) is 0 Å². The minimum atomic E-state index is -2.97. The van der Waals surface area contributed by atoms with Crippen molar-refractivity contribution in [2.75, 3.05) is 61.9 Å². The van der Waals surface area contributed by atoms with Gasteiger partial charge in [-0.15, -0.1) is 0 Å². The second kappa shape index (κ2) is 53.0. The molecule has 488 valence electrons. The van der Waals surface area contributed by atoms with Gasteiger partial charge in [0.25, 0.3) is 0 Å². The van der Waals surface area contributed by atoms with Crippen LogP contribution in [0.25, 0.3) is 0 Å². The fourth-order valence-corrected chi connectivity index (χ4v) is 11.3. The minimum Gasteiger partial charge on any atom is -0.550 e. The first-order chi connectivity index (χ1) is 40.7. The number of quaternary nitrogens is 3. The average Bonchev–Trinajstić information content (AvgIpc) is 3.67. The summed E-state index contributed by atoms with van der Waals surface area (Å²) in [5.74, 6) is -5.98. The smallest absolute Gasteiger partial charge is 0.114 e. The van der Waals surface area contributed by atoms with Gasteiger partial charge in [0.1, 0.15) is 25.2 Å². The van der Waals surface area contributed by atoms with Gasteiger partial charge < -0.3 is 48.3 Å². The Balaban J connectivity index is 0.00000113. The predicted octanol–water partition coefficient (Wildman–Crippen LogP) is 15.6. The maximum absolute atomic E-state index is 10.1. The van der Waals surface area contributed by atoms with Gasteiger partial charge in [-0.1, -0.05) is 304 Å². The maximum Gasteiger partial charge on any atom is 0.114 e. The lowest BCUT2D eigenvalue weighted by Gasteiger charge is -2.30. The largest absolute Gasteiger partial charge is 0.550 e. The van der Waals surface area contributed by atoms with E-state index >= 15 is 0 Å². The van der Waals surface area contributed by atoms with Crippen LogP contribution in [0.4, 0.5) is 0 Å². The molecule has 10 nitrogen and oxygen atoms in total. The van der Waals surface area contributed by atoms with E-state index in [2.05, 4.69) is 154 Å². The van der Waals surface area contributed by atoms with E-state index in [0.717, 1.165) is 33.1 Å². The highest BCUT2D eigenvalue weighted by Gasteiger charge is 2.29. The van der Waals surface area contributed by atoms with Gasteiger partial charge in [-0.2, -0.15) is 0 Å². The van der Waals surface area contributed by atoms with Gasteiger partial charge in [0.15, 0.2) is 0 Å². The molecule has 0 fully saturated rings. The third-order valence-corrected chi connectivity index (χ3v) is 16.5. The van der Waals surface area contributed by atoms with Gasteiger partial charge in [0.05, 0.1) is 67.9 Å². The quantitative estimate of drug-likeness (QED) is 0.0438. The number of carbonyl (C=O) groups excluding carboxylic acids is 3. The van der Waals surface area contributed by atoms with Crippen LogP contribution in [0.2, 0.25) is 0 Å². The molecule has 3 rings (SSSR count). The molecular formula is C75H131N3O7. The third-order valence-electron chi connectivity index (χ3n) is 16.5. The van der Waals surface area contributed by atoms with E-state index < -0.39 is 36.4 Å². The summed E-state index contributed by atoms with van der Waals surface area (Å²) in [5.41, 5.74) is 1.40. The zero-order chi connectivity index (χ0) is 63.2. The molecule has 3 aromatic rings. The van der Waals surface area contributed by atoms with E-state index in [4.69, 9.17) is 5.11 Å². The molecule has 10 heteroatoms. The van der Waals surface area contributed by atoms with E-state index in [-0.39, 0.29) is 0 Å². The molecule has 3 aromatic carbocycles. The summed E-state index contributed by atoms with van der Waals surface area (Å²) in [7, 11) is 14.2. The second-order valence-corrected chi connectivity index (χ2v) is 27.0. The number of carbonyl (C=O) groups is 3. The molecule has 0 aliphatic heterocycles. The molecule has 0 bridgehead atoms. The number of unbranched alkanes of at least 4 members (excludes halogenated alkanes) is 33. The number of hydrogen-bond acceptors (Lipinski definition) is 7. The fourth-order valence-electron chi connectivity index (χ4n) is 11.3. The predicted molar refractivity (Wildman–Crippen MR) is 354 cm³/mol. The highest BCUT2D eigenvalue weighted by atomic mass is 16.4. The molecule has 85 heavy (non-hydrogen) atoms. The lowest BCUT2D eigenvalue weighted by atomic mass is 9.96. The van der Waals surface area contributed by atoms with Crippen LogP contribution in [0.3, 0.4) is 0 Å². The summed E-state index contributed by atoms with van der Waals surface area (Å²) in [6.07, 6.45) is 48.9. The second-order valence-electron chi connectivity index (χ2n) is 27.0. The first-order valence-corrected chi connectivity index (χ1v) is 34.6. The molecule has 0 unspecified atom stereocenters. The van der Waals surface area contributed by atoms with Crippen LogP contribution in [0.5, 0.6) is 0 Å². The summed E-state index contributed by atoms with van der Waals surface area (Å²) < 4.78 is 3.34. The van der Waals surface area contributed by atoms with Gasteiger partial charge in [-0.25, -0.2) is 0 Å². The number of rotatable bonds is 50. The first-order valence-electron chi connectivity index (χ1n) is 34.6. The molecular weight excluding hydrogens is 1050 g/mol. The highest BCUT2D eigenvalue weighted by Crippen LogP contribution is 2.19. The molecule has 1 N–H and O–H groups in total. The molecule has 0 aliphatic rings. The Kier molecular flexibility index (Phi) is 50.4. The molecule has 0 heterocycles. The molecule has 0 saturated heterocycles. The van der Waals surface area contributed by atoms with E-state index in [1.54, 1.807) is 0 Å². The third kappa shape index (κ3) is 52.7. The van der Waals surface area contributed by atoms with Crippen LogP contribution >= 0.6 is 0 Å². The maximum atomic E-state index is 10.1. The lowest BCUT2D eigenvalue weighted by molar-refractivity contribution is -0.903. The fraction of sp³-hybridized carbons (Fsp3) is 0.720. The highest BCUT2D eigenvalue weighted by molar-refractivity contribution is 5.86. The van der Waals surface area contributed by atoms with E-state index in [1.807, 2.05) is 0 Å². The summed E-state index contributed by atoms with van der Waals surface area (Å²) >= 11 is 0. The molecule has 0 aromatic heterocycles. The zero-order valence-corrected chi connectivity index (χ0v) is 56.5. The number of aliphatic hydroxyl groups is 1. The van der Waals surface area contributed by atoms with Crippen LogP contribution in [0, 0.1) is 0 Å². The number of aliphatic carboxylic acids is 3. The Morgan fingerprint density at radius 2 is 0.494 bits per heavy atom. The Morgan fingerprint density at radius 3 is 0.659 bits per heavy atom. The number of benzene rings is 3. The number of hydrogen-bond donors (Lipinski definition) is 1. The van der Waals surface area contributed by atoms with Crippen molar-refractivity contribution in [1.29, 1.82) is 0 Å². The van der Waals surface area contributed by atoms with Crippen LogP contribution in [-0.4, -0.2) is 104 Å². The Labute approximate surface area is 523 Å². The normalized spacial score (nSPS) is 11.6. The minimum absolute atomic E-state index is 1.11. The van der Waals surface area contributed by atoms with Crippen molar-refractivity contribution in [2.24, 2.45) is 0 Å². The zero-order valence-electron chi connectivity index (χ0n) is 56.5. The lowest BCUT2D eigenvalue weighted by Crippen LogP contribution is -2.54. The molecule has 0 spiro atoms. The molecule has 0 saturated carbocycles. The van der Waals surface area contributed by atoms with Crippen molar-refractivity contribution in [3.05, 3.63) is 108 Å². The summed E-state index contributed by atoms with van der Waals surface area (Å²) in [5, 5.41) is 38.9. The molecule has 0 radical (unpaired) electrons. The number of carboxylic acids is 3. The average molecular weight is 1190 g/mol. The molecule has 0 aliphatic carbocycles. The molecule has 0 atom stereocenters. The van der Waals surface area contributed by atoms with Crippen LogP contribution in [-0.2, 0) is 34.0 Å². The van der Waals surface area contributed by atoms with Crippen molar-refractivity contribution in [3.63, 3.8) is 0 Å². The monoisotopic (exact) mass is 1190 g/mol. The van der Waals surface area contributed by atoms with Gasteiger partial charge in [0, 0.05) is 41.5 Å². The number of carboxylic acid groups (broad SMARTS) is 3. The van der Waals surface area contributed by atoms with Crippen molar-refractivity contribution in [3.8, 4) is 0 Å². The standard InChI is InChI=1S/3C23H42N.C6H8O7/c3*1-4-5-6-7-8-9-10-11-12-13-14-18-21-24(2,3)22-23-19-16-15-17-20-23;7-3(8)1-6(13,5(11)12)2-4(9)10/h3*15-17,19-20H,4-14,18,21-22H2,1-3H3;13H,1-2H2,(H,7,8)(H,9,10)(H,11,12)/q3*+1;/p-3. The first kappa shape index (κ1) is 80.9. The van der Waals surface area contributed by atoms with Crippen LogP contribution in [0.1, 0.15) is 281 Å². The topological polar surface area (TPSA) is 141 Å². The Bertz CT molecular complexity index is 1780. The van der Waals surface area contributed by atoms with Crippen LogP contribution in [0.15, 0.2) is 91.0 Å². The van der Waals surface area contributed by atoms with E-state index in [0.29, 0.717) is 0 Å². The van der Waals surface area contributed by atoms with Crippen molar-refractivity contribution in [2.45, 2.75) is 290 Å². The van der Waals surface area contributed by atoms with E-state index in [9.17, 15) is 29.7 Å². The Hall–Kier alpha value is -4.09. The SMILES string of the molecule is CCCCCCCCCCCCCC[N+](C)(C)Cc1ccccc1.CCCCCCCCCCCCCC[N+](C)(C)Cc1ccccc1.CCCCCCCCCCCCCC[N+](C)(C)Cc1ccccc1.O=C([O-])CC(O)(CC(=O)[O-])C(=O)[O-]. The van der Waals surface area contributed by atoms with Crippen molar-refractivity contribution < 1.29 is 48.3 Å².